The van der Waals surface area contributed by atoms with Crippen molar-refractivity contribution in [2.75, 3.05) is 18.5 Å². The van der Waals surface area contributed by atoms with E-state index >= 15 is 0 Å². The van der Waals surface area contributed by atoms with Crippen LogP contribution in [0, 0.1) is 27.7 Å². The molecule has 144 valence electrons. The summed E-state index contributed by atoms with van der Waals surface area (Å²) in [4.78, 5) is 39.3. The van der Waals surface area contributed by atoms with Gasteiger partial charge in [0.05, 0.1) is 12.2 Å². The van der Waals surface area contributed by atoms with Crippen molar-refractivity contribution in [2.24, 2.45) is 0 Å². The monoisotopic (exact) mass is 372 g/mol. The Balaban J connectivity index is 2.06. The average molecular weight is 372 g/mol. The zero-order valence-corrected chi connectivity index (χ0v) is 16.2. The van der Waals surface area contributed by atoms with E-state index in [1.807, 2.05) is 32.0 Å². The SMILES string of the molecule is CCOC(=O)c1[nH]c(C)c(C(=O)OCC(=O)Nc2c(C)cccc2C)c1C. The van der Waals surface area contributed by atoms with E-state index in [1.54, 1.807) is 20.8 Å². The molecule has 0 saturated carbocycles. The van der Waals surface area contributed by atoms with Crippen LogP contribution in [0.15, 0.2) is 18.2 Å². The van der Waals surface area contributed by atoms with Crippen LogP contribution >= 0.6 is 0 Å². The van der Waals surface area contributed by atoms with Crippen LogP contribution in [0.5, 0.6) is 0 Å². The molecule has 0 aliphatic carbocycles. The van der Waals surface area contributed by atoms with Gasteiger partial charge in [-0.15, -0.1) is 0 Å². The summed E-state index contributed by atoms with van der Waals surface area (Å²) in [6.45, 7) is 8.56. The van der Waals surface area contributed by atoms with Crippen molar-refractivity contribution in [3.8, 4) is 0 Å². The molecular formula is C20H24N2O5. The van der Waals surface area contributed by atoms with Gasteiger partial charge >= 0.3 is 11.9 Å². The van der Waals surface area contributed by atoms with Gasteiger partial charge in [-0.3, -0.25) is 4.79 Å². The van der Waals surface area contributed by atoms with E-state index in [9.17, 15) is 14.4 Å². The summed E-state index contributed by atoms with van der Waals surface area (Å²) in [5, 5.41) is 2.76. The first-order valence-electron chi connectivity index (χ1n) is 8.65. The van der Waals surface area contributed by atoms with Gasteiger partial charge in [0.1, 0.15) is 5.69 Å². The molecule has 0 aliphatic heterocycles. The highest BCUT2D eigenvalue weighted by Crippen LogP contribution is 2.21. The van der Waals surface area contributed by atoms with Crippen molar-refractivity contribution >= 4 is 23.5 Å². The zero-order valence-electron chi connectivity index (χ0n) is 16.2. The number of carbonyl (C=O) groups excluding carboxylic acids is 3. The number of rotatable bonds is 6. The van der Waals surface area contributed by atoms with Gasteiger partial charge in [-0.1, -0.05) is 18.2 Å². The van der Waals surface area contributed by atoms with Crippen LogP contribution < -0.4 is 5.32 Å². The minimum absolute atomic E-state index is 0.210. The third-order valence-corrected chi connectivity index (χ3v) is 4.20. The first-order chi connectivity index (χ1) is 12.8. The van der Waals surface area contributed by atoms with Crippen molar-refractivity contribution in [1.29, 1.82) is 0 Å². The quantitative estimate of drug-likeness (QED) is 0.759. The van der Waals surface area contributed by atoms with Gasteiger partial charge in [0.2, 0.25) is 0 Å². The molecule has 2 rings (SSSR count). The van der Waals surface area contributed by atoms with Crippen molar-refractivity contribution in [3.05, 3.63) is 51.8 Å². The summed E-state index contributed by atoms with van der Waals surface area (Å²) >= 11 is 0. The molecule has 2 N–H and O–H groups in total. The van der Waals surface area contributed by atoms with Crippen LogP contribution in [0.1, 0.15) is 50.2 Å². The van der Waals surface area contributed by atoms with Crippen LogP contribution in [0.2, 0.25) is 0 Å². The van der Waals surface area contributed by atoms with Crippen LogP contribution in [0.25, 0.3) is 0 Å². The molecule has 0 atom stereocenters. The maximum absolute atomic E-state index is 12.4. The van der Waals surface area contributed by atoms with E-state index in [1.165, 1.54) is 0 Å². The number of hydrogen-bond acceptors (Lipinski definition) is 5. The summed E-state index contributed by atoms with van der Waals surface area (Å²) in [7, 11) is 0. The number of aryl methyl sites for hydroxylation is 3. The van der Waals surface area contributed by atoms with Gasteiger partial charge in [-0.2, -0.15) is 0 Å². The number of amides is 1. The Morgan fingerprint density at radius 3 is 2.22 bits per heavy atom. The second-order valence-electron chi connectivity index (χ2n) is 6.24. The van der Waals surface area contributed by atoms with E-state index < -0.39 is 24.5 Å². The molecule has 0 bridgehead atoms. The molecular weight excluding hydrogens is 348 g/mol. The van der Waals surface area contributed by atoms with Crippen LogP contribution in [-0.2, 0) is 14.3 Å². The topological polar surface area (TPSA) is 97.5 Å². The zero-order chi connectivity index (χ0) is 20.1. The molecule has 7 heteroatoms. The number of esters is 2. The minimum Gasteiger partial charge on any atom is -0.461 e. The number of H-pyrrole nitrogens is 1. The van der Waals surface area contributed by atoms with Crippen molar-refractivity contribution < 1.29 is 23.9 Å². The fraction of sp³-hybridized carbons (Fsp3) is 0.350. The molecule has 0 radical (unpaired) electrons. The molecule has 0 fully saturated rings. The fourth-order valence-electron chi connectivity index (χ4n) is 2.85. The highest BCUT2D eigenvalue weighted by atomic mass is 16.5. The largest absolute Gasteiger partial charge is 0.461 e. The number of ether oxygens (including phenoxy) is 2. The number of benzene rings is 1. The first kappa shape index (κ1) is 20.2. The molecule has 0 spiro atoms. The summed E-state index contributed by atoms with van der Waals surface area (Å²) in [6, 6.07) is 5.68. The second-order valence-corrected chi connectivity index (χ2v) is 6.24. The van der Waals surface area contributed by atoms with Crippen LogP contribution in [0.4, 0.5) is 5.69 Å². The van der Waals surface area contributed by atoms with Gasteiger partial charge in [-0.25, -0.2) is 9.59 Å². The lowest BCUT2D eigenvalue weighted by molar-refractivity contribution is -0.119. The number of anilines is 1. The van der Waals surface area contributed by atoms with E-state index in [-0.39, 0.29) is 17.9 Å². The first-order valence-corrected chi connectivity index (χ1v) is 8.65. The molecule has 27 heavy (non-hydrogen) atoms. The molecule has 0 saturated heterocycles. The Morgan fingerprint density at radius 2 is 1.63 bits per heavy atom. The molecule has 1 aromatic heterocycles. The third kappa shape index (κ3) is 4.55. The Labute approximate surface area is 158 Å². The van der Waals surface area contributed by atoms with E-state index in [4.69, 9.17) is 9.47 Å². The fourth-order valence-corrected chi connectivity index (χ4v) is 2.85. The number of para-hydroxylation sites is 1. The summed E-state index contributed by atoms with van der Waals surface area (Å²) in [5.41, 5.74) is 3.91. The van der Waals surface area contributed by atoms with Crippen molar-refractivity contribution in [1.82, 2.24) is 4.98 Å². The molecule has 0 unspecified atom stereocenters. The lowest BCUT2D eigenvalue weighted by atomic mass is 10.1. The Hall–Kier alpha value is -3.09. The Kier molecular flexibility index (Phi) is 6.39. The van der Waals surface area contributed by atoms with E-state index in [2.05, 4.69) is 10.3 Å². The number of hydrogen-bond donors (Lipinski definition) is 2. The van der Waals surface area contributed by atoms with Crippen LogP contribution in [-0.4, -0.2) is 36.0 Å². The molecule has 1 aromatic carbocycles. The van der Waals surface area contributed by atoms with Gasteiger partial charge < -0.3 is 19.8 Å². The van der Waals surface area contributed by atoms with E-state index in [0.29, 0.717) is 16.9 Å². The number of nitrogens with one attached hydrogen (secondary N) is 2. The molecule has 7 nitrogen and oxygen atoms in total. The molecule has 1 amide bonds. The smallest absolute Gasteiger partial charge is 0.355 e. The summed E-state index contributed by atoms with van der Waals surface area (Å²) < 4.78 is 10.1. The minimum atomic E-state index is -0.673. The van der Waals surface area contributed by atoms with Gasteiger partial charge in [-0.05, 0) is 51.3 Å². The third-order valence-electron chi connectivity index (χ3n) is 4.20. The lowest BCUT2D eigenvalue weighted by Crippen LogP contribution is -2.22. The Bertz CT molecular complexity index is 862. The van der Waals surface area contributed by atoms with Gasteiger partial charge in [0, 0.05) is 11.4 Å². The number of aromatic nitrogens is 1. The maximum Gasteiger partial charge on any atom is 0.355 e. The molecule has 0 aliphatic rings. The maximum atomic E-state index is 12.4. The highest BCUT2D eigenvalue weighted by molar-refractivity contribution is 6.00. The summed E-state index contributed by atoms with van der Waals surface area (Å²) in [5.74, 6) is -1.64. The second kappa shape index (κ2) is 8.53. The number of carbonyl (C=O) groups is 3. The van der Waals surface area contributed by atoms with Crippen molar-refractivity contribution in [3.63, 3.8) is 0 Å². The normalized spacial score (nSPS) is 10.4. The van der Waals surface area contributed by atoms with Crippen LogP contribution in [0.3, 0.4) is 0 Å². The predicted octanol–water partition coefficient (Wildman–Crippen LogP) is 3.22. The average Bonchev–Trinajstić information content (AvgIpc) is 2.91. The van der Waals surface area contributed by atoms with Gasteiger partial charge in [0.15, 0.2) is 6.61 Å². The van der Waals surface area contributed by atoms with Crippen molar-refractivity contribution in [2.45, 2.75) is 34.6 Å². The van der Waals surface area contributed by atoms with E-state index in [0.717, 1.165) is 11.1 Å². The molecule has 2 aromatic rings. The van der Waals surface area contributed by atoms with Gasteiger partial charge in [0.25, 0.3) is 5.91 Å². The summed E-state index contributed by atoms with van der Waals surface area (Å²) in [6.07, 6.45) is 0. The molecule has 1 heterocycles. The predicted molar refractivity (Wildman–Crippen MR) is 101 cm³/mol. The highest BCUT2D eigenvalue weighted by Gasteiger charge is 2.24. The Morgan fingerprint density at radius 1 is 1.00 bits per heavy atom. The standard InChI is InChI=1S/C20H24N2O5/c1-6-26-20(25)18-13(4)16(14(5)21-18)19(24)27-10-15(23)22-17-11(2)8-7-9-12(17)3/h7-9,21H,6,10H2,1-5H3,(H,22,23). The number of aromatic amines is 1. The lowest BCUT2D eigenvalue weighted by Gasteiger charge is -2.11.